The predicted molar refractivity (Wildman–Crippen MR) is 161 cm³/mol. The minimum absolute atomic E-state index is 0.207. The summed E-state index contributed by atoms with van der Waals surface area (Å²) in [6.45, 7) is 3.78. The van der Waals surface area contributed by atoms with Gasteiger partial charge in [0.15, 0.2) is 12.2 Å². The zero-order valence-electron chi connectivity index (χ0n) is 22.2. The topological polar surface area (TPSA) is 59.1 Å². The van der Waals surface area contributed by atoms with Gasteiger partial charge in [-0.15, -0.1) is 0 Å². The Bertz CT molecular complexity index is 1310. The average molecular weight is 578 g/mol. The summed E-state index contributed by atoms with van der Waals surface area (Å²) in [5.41, 5.74) is 1.37. The largest absolute Gasteiger partial charge is 0.479 e. The van der Waals surface area contributed by atoms with Gasteiger partial charge in [0.2, 0.25) is 0 Å². The number of ether oxygens (including phenoxy) is 2. The molecular formula is C32H30Cl2N2O4. The maximum atomic E-state index is 13.7. The summed E-state index contributed by atoms with van der Waals surface area (Å²) in [4.78, 5) is 30.6. The minimum Gasteiger partial charge on any atom is -0.479 e. The molecule has 0 spiro atoms. The Labute approximate surface area is 244 Å². The highest BCUT2D eigenvalue weighted by molar-refractivity contribution is 6.32. The Morgan fingerprint density at radius 2 is 0.900 bits per heavy atom. The molecule has 0 aromatic heterocycles. The van der Waals surface area contributed by atoms with Crippen LogP contribution in [0.1, 0.15) is 13.8 Å². The molecule has 0 saturated heterocycles. The van der Waals surface area contributed by atoms with Crippen molar-refractivity contribution < 1.29 is 19.1 Å². The second-order valence-corrected chi connectivity index (χ2v) is 9.85. The van der Waals surface area contributed by atoms with Crippen LogP contribution in [0.5, 0.6) is 11.5 Å². The molecule has 40 heavy (non-hydrogen) atoms. The second kappa shape index (κ2) is 13.9. The first kappa shape index (κ1) is 29.0. The number of hydrogen-bond acceptors (Lipinski definition) is 4. The number of amides is 2. The summed E-state index contributed by atoms with van der Waals surface area (Å²) in [5, 5.41) is 0.837. The molecule has 2 amide bonds. The number of hydrogen-bond donors (Lipinski definition) is 0. The van der Waals surface area contributed by atoms with Crippen LogP contribution in [-0.4, -0.2) is 37.1 Å². The monoisotopic (exact) mass is 576 g/mol. The van der Waals surface area contributed by atoms with E-state index in [1.54, 1.807) is 72.2 Å². The third kappa shape index (κ3) is 7.34. The van der Waals surface area contributed by atoms with Gasteiger partial charge >= 0.3 is 0 Å². The lowest BCUT2D eigenvalue weighted by atomic mass is 10.2. The lowest BCUT2D eigenvalue weighted by Gasteiger charge is -2.31. The summed E-state index contributed by atoms with van der Waals surface area (Å²) in [6, 6.07) is 32.6. The van der Waals surface area contributed by atoms with E-state index < -0.39 is 12.2 Å². The van der Waals surface area contributed by atoms with Crippen molar-refractivity contribution in [3.63, 3.8) is 0 Å². The van der Waals surface area contributed by atoms with Crippen molar-refractivity contribution in [1.82, 2.24) is 0 Å². The molecular weight excluding hydrogens is 547 g/mol. The lowest BCUT2D eigenvalue weighted by molar-refractivity contribution is -0.126. The second-order valence-electron chi connectivity index (χ2n) is 9.03. The molecule has 0 heterocycles. The van der Waals surface area contributed by atoms with Crippen LogP contribution in [0, 0.1) is 0 Å². The molecule has 4 aromatic carbocycles. The molecule has 0 fully saturated rings. The van der Waals surface area contributed by atoms with Crippen molar-refractivity contribution in [2.75, 3.05) is 22.9 Å². The Morgan fingerprint density at radius 1 is 0.575 bits per heavy atom. The van der Waals surface area contributed by atoms with E-state index in [4.69, 9.17) is 32.7 Å². The maximum absolute atomic E-state index is 13.7. The first-order valence-electron chi connectivity index (χ1n) is 12.9. The van der Waals surface area contributed by atoms with Gasteiger partial charge in [0.05, 0.1) is 10.0 Å². The van der Waals surface area contributed by atoms with Crippen LogP contribution in [0.25, 0.3) is 0 Å². The number of benzene rings is 4. The molecule has 0 bridgehead atoms. The Hall–Kier alpha value is -4.00. The molecule has 0 aliphatic rings. The van der Waals surface area contributed by atoms with Gasteiger partial charge in [-0.25, -0.2) is 0 Å². The summed E-state index contributed by atoms with van der Waals surface area (Å²) in [7, 11) is 0. The Morgan fingerprint density at radius 3 is 1.25 bits per heavy atom. The zero-order chi connectivity index (χ0) is 28.5. The number of rotatable bonds is 11. The molecule has 8 heteroatoms. The number of carbonyl (C=O) groups is 2. The molecule has 0 radical (unpaired) electrons. The van der Waals surface area contributed by atoms with Crippen molar-refractivity contribution in [3.8, 4) is 11.5 Å². The molecule has 4 rings (SSSR count). The highest BCUT2D eigenvalue weighted by Crippen LogP contribution is 2.27. The van der Waals surface area contributed by atoms with Gasteiger partial charge in [-0.1, -0.05) is 83.9 Å². The van der Waals surface area contributed by atoms with Crippen LogP contribution in [0.4, 0.5) is 11.4 Å². The minimum atomic E-state index is -0.830. The van der Waals surface area contributed by atoms with Gasteiger partial charge in [-0.2, -0.15) is 0 Å². The zero-order valence-corrected chi connectivity index (χ0v) is 23.8. The first-order valence-corrected chi connectivity index (χ1v) is 13.7. The van der Waals surface area contributed by atoms with Gasteiger partial charge in [-0.05, 0) is 62.4 Å². The fraction of sp³-hybridized carbons (Fsp3) is 0.188. The fourth-order valence-electron chi connectivity index (χ4n) is 4.15. The number of anilines is 2. The molecule has 0 saturated carbocycles. The molecule has 6 nitrogen and oxygen atoms in total. The highest BCUT2D eigenvalue weighted by atomic mass is 35.5. The van der Waals surface area contributed by atoms with Crippen molar-refractivity contribution >= 4 is 46.4 Å². The van der Waals surface area contributed by atoms with Crippen molar-refractivity contribution in [2.45, 2.75) is 26.1 Å². The van der Waals surface area contributed by atoms with Crippen molar-refractivity contribution in [3.05, 3.63) is 119 Å². The Kier molecular flexibility index (Phi) is 10.1. The van der Waals surface area contributed by atoms with Gasteiger partial charge in [0.1, 0.15) is 11.5 Å². The molecule has 2 atom stereocenters. The normalized spacial score (nSPS) is 12.2. The van der Waals surface area contributed by atoms with E-state index in [1.165, 1.54) is 0 Å². The SMILES string of the molecule is CC(Oc1ccccc1Cl)C(=O)N(CCN(C(=O)C(C)Oc1ccccc1Cl)c1ccccc1)c1ccccc1. The van der Waals surface area contributed by atoms with E-state index in [0.717, 1.165) is 0 Å². The van der Waals surface area contributed by atoms with Gasteiger partial charge in [0.25, 0.3) is 11.8 Å². The number of para-hydroxylation sites is 4. The average Bonchev–Trinajstić information content (AvgIpc) is 2.98. The third-order valence-corrected chi connectivity index (χ3v) is 6.82. The van der Waals surface area contributed by atoms with Gasteiger partial charge in [-0.3, -0.25) is 9.59 Å². The van der Waals surface area contributed by atoms with E-state index in [9.17, 15) is 9.59 Å². The summed E-state index contributed by atoms with van der Waals surface area (Å²) >= 11 is 12.5. The van der Waals surface area contributed by atoms with Crippen molar-refractivity contribution in [1.29, 1.82) is 0 Å². The van der Waals surface area contributed by atoms with Crippen LogP contribution in [0.3, 0.4) is 0 Å². The third-order valence-electron chi connectivity index (χ3n) is 6.19. The first-order chi connectivity index (χ1) is 19.3. The molecule has 0 N–H and O–H groups in total. The van der Waals surface area contributed by atoms with Crippen LogP contribution < -0.4 is 19.3 Å². The summed E-state index contributed by atoms with van der Waals surface area (Å²) in [6.07, 6.45) is -1.66. The predicted octanol–water partition coefficient (Wildman–Crippen LogP) is 7.29. The number of nitrogens with zero attached hydrogens (tertiary/aromatic N) is 2. The lowest BCUT2D eigenvalue weighted by Crippen LogP contribution is -2.48. The van der Waals surface area contributed by atoms with E-state index in [2.05, 4.69) is 0 Å². The highest BCUT2D eigenvalue weighted by Gasteiger charge is 2.28. The maximum Gasteiger partial charge on any atom is 0.267 e. The van der Waals surface area contributed by atoms with E-state index >= 15 is 0 Å². The van der Waals surface area contributed by atoms with Gasteiger partial charge < -0.3 is 19.3 Å². The fourth-order valence-corrected chi connectivity index (χ4v) is 4.51. The van der Waals surface area contributed by atoms with Crippen LogP contribution in [0.15, 0.2) is 109 Å². The van der Waals surface area contributed by atoms with Crippen LogP contribution in [-0.2, 0) is 9.59 Å². The summed E-state index contributed by atoms with van der Waals surface area (Å²) in [5.74, 6) is 0.299. The molecule has 206 valence electrons. The molecule has 2 unspecified atom stereocenters. The molecule has 4 aromatic rings. The van der Waals surface area contributed by atoms with E-state index in [1.807, 2.05) is 60.7 Å². The number of carbonyl (C=O) groups excluding carboxylic acids is 2. The van der Waals surface area contributed by atoms with Crippen molar-refractivity contribution in [2.24, 2.45) is 0 Å². The van der Waals surface area contributed by atoms with Crippen LogP contribution >= 0.6 is 23.2 Å². The summed E-state index contributed by atoms with van der Waals surface area (Å²) < 4.78 is 11.9. The standard InChI is InChI=1S/C32H30Cl2N2O4/c1-23(39-29-19-11-9-17-27(29)33)31(37)35(25-13-5-3-6-14-25)21-22-36(26-15-7-4-8-16-26)32(38)24(2)40-30-20-12-10-18-28(30)34/h3-20,23-24H,21-22H2,1-2H3. The van der Waals surface area contributed by atoms with E-state index in [0.29, 0.717) is 32.9 Å². The Balaban J connectivity index is 1.57. The number of halogens is 2. The van der Waals surface area contributed by atoms with E-state index in [-0.39, 0.29) is 24.9 Å². The van der Waals surface area contributed by atoms with Gasteiger partial charge in [0, 0.05) is 24.5 Å². The molecule has 0 aliphatic carbocycles. The molecule has 0 aliphatic heterocycles. The quantitative estimate of drug-likeness (QED) is 0.188. The van der Waals surface area contributed by atoms with Crippen LogP contribution in [0.2, 0.25) is 10.0 Å². The smallest absolute Gasteiger partial charge is 0.267 e.